The number of carbonyl (C=O) groups is 2. The van der Waals surface area contributed by atoms with Gasteiger partial charge in [0.15, 0.2) is 11.7 Å². The third-order valence-corrected chi connectivity index (χ3v) is 6.56. The van der Waals surface area contributed by atoms with Gasteiger partial charge < -0.3 is 28.8 Å². The number of fused-ring (bicyclic) bond motifs is 1. The summed E-state index contributed by atoms with van der Waals surface area (Å²) < 4.78 is 23.3. The second kappa shape index (κ2) is 11.9. The summed E-state index contributed by atoms with van der Waals surface area (Å²) >= 11 is 0. The van der Waals surface area contributed by atoms with E-state index in [1.54, 1.807) is 33.9 Å². The summed E-state index contributed by atoms with van der Waals surface area (Å²) in [5, 5.41) is 12.5. The van der Waals surface area contributed by atoms with Crippen molar-refractivity contribution in [3.63, 3.8) is 0 Å². The molecule has 1 aliphatic rings. The number of nitriles is 1. The van der Waals surface area contributed by atoms with Crippen LogP contribution in [0.4, 0.5) is 4.79 Å². The zero-order valence-corrected chi connectivity index (χ0v) is 23.3. The molecule has 11 heteroatoms. The van der Waals surface area contributed by atoms with Crippen LogP contribution in [-0.2, 0) is 32.5 Å². The van der Waals surface area contributed by atoms with E-state index in [0.29, 0.717) is 11.1 Å². The predicted molar refractivity (Wildman–Crippen MR) is 146 cm³/mol. The summed E-state index contributed by atoms with van der Waals surface area (Å²) in [7, 11) is 3.17. The van der Waals surface area contributed by atoms with Crippen LogP contribution < -0.4 is 11.1 Å². The fraction of sp³-hybridized carbons (Fsp3) is 0.448. The van der Waals surface area contributed by atoms with Crippen molar-refractivity contribution >= 4 is 23.1 Å². The first-order chi connectivity index (χ1) is 19.0. The summed E-state index contributed by atoms with van der Waals surface area (Å²) in [6, 6.07) is 14.5. The Hall–Kier alpha value is -4.14. The van der Waals surface area contributed by atoms with Crippen LogP contribution in [0.2, 0.25) is 0 Å². The van der Waals surface area contributed by atoms with E-state index in [0.717, 1.165) is 16.7 Å². The van der Waals surface area contributed by atoms with Gasteiger partial charge in [-0.25, -0.2) is 9.59 Å². The van der Waals surface area contributed by atoms with Crippen molar-refractivity contribution < 1.29 is 28.2 Å². The number of ether oxygens (including phenoxy) is 3. The third kappa shape index (κ3) is 6.89. The van der Waals surface area contributed by atoms with Crippen molar-refractivity contribution in [3.8, 4) is 17.2 Å². The van der Waals surface area contributed by atoms with E-state index in [9.17, 15) is 19.6 Å². The lowest BCUT2D eigenvalue weighted by Gasteiger charge is -2.28. The molecule has 0 saturated carbocycles. The van der Waals surface area contributed by atoms with E-state index < -0.39 is 41.6 Å². The highest BCUT2D eigenvalue weighted by Crippen LogP contribution is 2.24. The van der Waals surface area contributed by atoms with Gasteiger partial charge in [0.25, 0.3) is 5.91 Å². The molecule has 0 radical (unpaired) electrons. The quantitative estimate of drug-likeness (QED) is 0.495. The fourth-order valence-corrected chi connectivity index (χ4v) is 4.39. The topological polar surface area (TPSA) is 136 Å². The van der Waals surface area contributed by atoms with Crippen LogP contribution in [0.3, 0.4) is 0 Å². The minimum Gasteiger partial charge on any atom is -0.444 e. The number of hydrogen-bond acceptors (Lipinski definition) is 8. The zero-order valence-electron chi connectivity index (χ0n) is 23.3. The first-order valence-electron chi connectivity index (χ1n) is 13.0. The Bertz CT molecular complexity index is 1460. The lowest BCUT2D eigenvalue weighted by atomic mass is 10.0. The molecule has 3 atom stereocenters. The maximum Gasteiger partial charge on any atom is 0.419 e. The van der Waals surface area contributed by atoms with E-state index in [4.69, 9.17) is 18.6 Å². The van der Waals surface area contributed by atoms with Gasteiger partial charge in [0.1, 0.15) is 11.6 Å². The molecular formula is C29H34N4O7. The molecule has 2 amide bonds. The smallest absolute Gasteiger partial charge is 0.419 e. The van der Waals surface area contributed by atoms with E-state index in [-0.39, 0.29) is 26.1 Å². The molecule has 212 valence electrons. The monoisotopic (exact) mass is 550 g/mol. The number of nitrogens with one attached hydrogen (secondary N) is 1. The predicted octanol–water partition coefficient (Wildman–Crippen LogP) is 3.00. The van der Waals surface area contributed by atoms with E-state index >= 15 is 0 Å². The van der Waals surface area contributed by atoms with Crippen LogP contribution in [0.15, 0.2) is 51.7 Å². The number of hydrogen-bond donors (Lipinski definition) is 1. The van der Waals surface area contributed by atoms with E-state index in [1.165, 1.54) is 16.6 Å². The van der Waals surface area contributed by atoms with Gasteiger partial charge in [-0.3, -0.25) is 9.36 Å². The van der Waals surface area contributed by atoms with Gasteiger partial charge in [-0.05, 0) is 49.6 Å². The zero-order chi connectivity index (χ0) is 29.0. The van der Waals surface area contributed by atoms with Crippen LogP contribution in [0.1, 0.15) is 26.3 Å². The minimum atomic E-state index is -0.986. The van der Waals surface area contributed by atoms with Gasteiger partial charge in [-0.1, -0.05) is 30.3 Å². The highest BCUT2D eigenvalue weighted by atomic mass is 16.6. The molecule has 0 bridgehead atoms. The number of benzene rings is 2. The fourth-order valence-electron chi connectivity index (χ4n) is 4.39. The number of amides is 2. The van der Waals surface area contributed by atoms with Crippen molar-refractivity contribution in [3.05, 3.63) is 58.6 Å². The van der Waals surface area contributed by atoms with Crippen LogP contribution >= 0.6 is 0 Å². The average Bonchev–Trinajstić information content (AvgIpc) is 3.06. The highest BCUT2D eigenvalue weighted by Gasteiger charge is 2.34. The average molecular weight is 551 g/mol. The molecule has 1 saturated heterocycles. The molecule has 1 fully saturated rings. The summed E-state index contributed by atoms with van der Waals surface area (Å²) in [6.45, 7) is 5.60. The third-order valence-electron chi connectivity index (χ3n) is 6.56. The summed E-state index contributed by atoms with van der Waals surface area (Å²) in [4.78, 5) is 39.0. The van der Waals surface area contributed by atoms with Crippen molar-refractivity contribution in [2.24, 2.45) is 7.05 Å². The van der Waals surface area contributed by atoms with Crippen molar-refractivity contribution in [2.45, 2.75) is 51.0 Å². The Balaban J connectivity index is 1.41. The molecule has 11 nitrogen and oxygen atoms in total. The largest absolute Gasteiger partial charge is 0.444 e. The van der Waals surface area contributed by atoms with E-state index in [2.05, 4.69) is 11.4 Å². The van der Waals surface area contributed by atoms with Crippen molar-refractivity contribution in [1.29, 1.82) is 5.26 Å². The number of methoxy groups -OCH3 is 1. The number of nitrogens with zero attached hydrogens (tertiary/aromatic N) is 3. The maximum atomic E-state index is 13.1. The molecule has 3 aromatic rings. The number of aryl methyl sites for hydroxylation is 1. The molecule has 2 heterocycles. The van der Waals surface area contributed by atoms with Gasteiger partial charge in [-0.15, -0.1) is 0 Å². The Labute approximate surface area is 232 Å². The van der Waals surface area contributed by atoms with Crippen molar-refractivity contribution in [2.75, 3.05) is 26.8 Å². The van der Waals surface area contributed by atoms with Gasteiger partial charge in [0.2, 0.25) is 0 Å². The second-order valence-electron chi connectivity index (χ2n) is 10.8. The van der Waals surface area contributed by atoms with Crippen LogP contribution in [-0.4, -0.2) is 72.1 Å². The van der Waals surface area contributed by atoms with Crippen LogP contribution in [0.5, 0.6) is 0 Å². The Morgan fingerprint density at radius 1 is 1.15 bits per heavy atom. The molecule has 1 aliphatic heterocycles. The van der Waals surface area contributed by atoms with Gasteiger partial charge in [0, 0.05) is 20.6 Å². The SMILES string of the molecule is COC1CO[C@H](C(=O)N[C@H](C#N)Cc2ccc(-c3ccc4oc(=O)n(C)c4c3)cc2)CN(C(=O)OC(C)(C)C)C1. The lowest BCUT2D eigenvalue weighted by molar-refractivity contribution is -0.134. The molecule has 4 rings (SSSR count). The standard InChI is InChI=1S/C29H34N4O7/c1-29(2,3)40-28(36)33-15-22(37-5)17-38-25(16-33)26(34)31-21(14-30)12-18-6-8-19(9-7-18)20-10-11-24-23(13-20)32(4)27(35)39-24/h6-11,13,21-22,25H,12,15-17H2,1-5H3,(H,31,34)/t21-,22?,25-/m0/s1. The lowest BCUT2D eigenvalue weighted by Crippen LogP contribution is -2.49. The normalized spacial score (nSPS) is 18.6. The van der Waals surface area contributed by atoms with Crippen molar-refractivity contribution in [1.82, 2.24) is 14.8 Å². The van der Waals surface area contributed by atoms with Gasteiger partial charge >= 0.3 is 11.8 Å². The minimum absolute atomic E-state index is 0.0277. The molecule has 1 N–H and O–H groups in total. The van der Waals surface area contributed by atoms with Gasteiger partial charge in [-0.2, -0.15) is 5.26 Å². The molecule has 1 aromatic heterocycles. The number of oxazole rings is 1. The van der Waals surface area contributed by atoms with Gasteiger partial charge in [0.05, 0.1) is 37.4 Å². The molecule has 2 aromatic carbocycles. The summed E-state index contributed by atoms with van der Waals surface area (Å²) in [6.07, 6.45) is -1.70. The summed E-state index contributed by atoms with van der Waals surface area (Å²) in [5.74, 6) is -0.912. The highest BCUT2D eigenvalue weighted by molar-refractivity contribution is 5.83. The number of rotatable bonds is 6. The molecule has 0 aliphatic carbocycles. The van der Waals surface area contributed by atoms with Crippen LogP contribution in [0, 0.1) is 11.3 Å². The first-order valence-corrected chi connectivity index (χ1v) is 13.0. The summed E-state index contributed by atoms with van der Waals surface area (Å²) in [5.41, 5.74) is 3.21. The second-order valence-corrected chi connectivity index (χ2v) is 10.8. The molecular weight excluding hydrogens is 516 g/mol. The molecule has 1 unspecified atom stereocenters. The molecule has 0 spiro atoms. The number of aromatic nitrogens is 1. The first kappa shape index (κ1) is 28.9. The number of carbonyl (C=O) groups excluding carboxylic acids is 2. The van der Waals surface area contributed by atoms with E-state index in [1.807, 2.05) is 36.4 Å². The molecule has 40 heavy (non-hydrogen) atoms. The van der Waals surface area contributed by atoms with Crippen LogP contribution in [0.25, 0.3) is 22.2 Å². The maximum absolute atomic E-state index is 13.1. The Morgan fingerprint density at radius 2 is 1.85 bits per heavy atom. The Kier molecular flexibility index (Phi) is 8.61. The Morgan fingerprint density at radius 3 is 2.50 bits per heavy atom.